The molecule has 0 spiro atoms. The Kier molecular flexibility index (Phi) is 5.84. The van der Waals surface area contributed by atoms with Crippen LogP contribution in [0.2, 0.25) is 0 Å². The van der Waals surface area contributed by atoms with E-state index in [0.717, 1.165) is 18.9 Å². The summed E-state index contributed by atoms with van der Waals surface area (Å²) in [5, 5.41) is 5.28. The fourth-order valence-electron chi connectivity index (χ4n) is 2.45. The first-order valence-corrected chi connectivity index (χ1v) is 8.74. The number of hydrogen-bond acceptors (Lipinski definition) is 4. The van der Waals surface area contributed by atoms with Crippen molar-refractivity contribution in [2.75, 3.05) is 12.4 Å². The molecule has 1 aliphatic carbocycles. The second kappa shape index (κ2) is 8.47. The van der Waals surface area contributed by atoms with Crippen molar-refractivity contribution in [3.05, 3.63) is 71.0 Å². The van der Waals surface area contributed by atoms with E-state index in [2.05, 4.69) is 15.4 Å². The number of carbonyl (C=O) groups excluding carboxylic acids is 3. The summed E-state index contributed by atoms with van der Waals surface area (Å²) < 4.78 is 18.4. The van der Waals surface area contributed by atoms with Crippen LogP contribution in [0, 0.1) is 5.82 Å². The highest BCUT2D eigenvalue weighted by Gasteiger charge is 2.23. The van der Waals surface area contributed by atoms with Gasteiger partial charge < -0.3 is 15.4 Å². The molecule has 0 aliphatic heterocycles. The number of benzene rings is 2. The Balaban J connectivity index is 1.62. The fraction of sp³-hybridized carbons (Fsp3) is 0.190. The summed E-state index contributed by atoms with van der Waals surface area (Å²) in [6.45, 7) is 0. The van der Waals surface area contributed by atoms with Crippen LogP contribution in [0.15, 0.2) is 48.5 Å². The Morgan fingerprint density at radius 3 is 2.39 bits per heavy atom. The van der Waals surface area contributed by atoms with E-state index in [1.54, 1.807) is 30.3 Å². The Morgan fingerprint density at radius 1 is 1.07 bits per heavy atom. The summed E-state index contributed by atoms with van der Waals surface area (Å²) in [6.07, 6.45) is 4.82. The third-order valence-electron chi connectivity index (χ3n) is 4.16. The number of carbonyl (C=O) groups is 3. The van der Waals surface area contributed by atoms with Gasteiger partial charge in [0.05, 0.1) is 18.4 Å². The van der Waals surface area contributed by atoms with E-state index < -0.39 is 17.7 Å². The maximum Gasteiger partial charge on any atom is 0.337 e. The number of amides is 2. The predicted molar refractivity (Wildman–Crippen MR) is 102 cm³/mol. The van der Waals surface area contributed by atoms with Crippen LogP contribution < -0.4 is 10.6 Å². The molecule has 0 aromatic heterocycles. The summed E-state index contributed by atoms with van der Waals surface area (Å²) in [6, 6.07) is 10.6. The predicted octanol–water partition coefficient (Wildman–Crippen LogP) is 3.16. The lowest BCUT2D eigenvalue weighted by Gasteiger charge is -2.06. The highest BCUT2D eigenvalue weighted by atomic mass is 19.1. The smallest absolute Gasteiger partial charge is 0.337 e. The number of rotatable bonds is 6. The lowest BCUT2D eigenvalue weighted by Crippen LogP contribution is -2.25. The number of methoxy groups -OCH3 is 1. The second-order valence-electron chi connectivity index (χ2n) is 6.38. The molecule has 2 aromatic carbocycles. The van der Waals surface area contributed by atoms with Crippen molar-refractivity contribution in [1.29, 1.82) is 0 Å². The van der Waals surface area contributed by atoms with Gasteiger partial charge in [0.1, 0.15) is 5.82 Å². The lowest BCUT2D eigenvalue weighted by atomic mass is 10.1. The number of nitrogens with one attached hydrogen (secondary N) is 2. The molecule has 3 rings (SSSR count). The van der Waals surface area contributed by atoms with Gasteiger partial charge >= 0.3 is 5.97 Å². The Bertz CT molecular complexity index is 934. The van der Waals surface area contributed by atoms with Crippen LogP contribution in [0.1, 0.15) is 39.1 Å². The molecule has 6 nitrogen and oxygen atoms in total. The molecule has 0 atom stereocenters. The fourth-order valence-corrected chi connectivity index (χ4v) is 2.45. The van der Waals surface area contributed by atoms with Crippen LogP contribution in [0.3, 0.4) is 0 Å². The monoisotopic (exact) mass is 382 g/mol. The first-order valence-electron chi connectivity index (χ1n) is 8.74. The maximum atomic E-state index is 13.8. The van der Waals surface area contributed by atoms with Gasteiger partial charge in [-0.2, -0.15) is 0 Å². The highest BCUT2D eigenvalue weighted by molar-refractivity contribution is 6.03. The van der Waals surface area contributed by atoms with Gasteiger partial charge in [0, 0.05) is 17.7 Å². The van der Waals surface area contributed by atoms with Crippen LogP contribution in [0.25, 0.3) is 6.08 Å². The zero-order valence-electron chi connectivity index (χ0n) is 15.2. The molecule has 7 heteroatoms. The van der Waals surface area contributed by atoms with Gasteiger partial charge in [-0.3, -0.25) is 9.59 Å². The van der Waals surface area contributed by atoms with Crippen molar-refractivity contribution in [2.45, 2.75) is 18.9 Å². The summed E-state index contributed by atoms with van der Waals surface area (Å²) in [7, 11) is 1.22. The SMILES string of the molecule is COC(=O)c1ccc(F)c(NC(=O)/C=C/c2ccc(C(=O)NC3CC3)cc2)c1. The van der Waals surface area contributed by atoms with E-state index in [4.69, 9.17) is 0 Å². The number of esters is 1. The average Bonchev–Trinajstić information content (AvgIpc) is 3.51. The molecular formula is C21H19FN2O4. The summed E-state index contributed by atoms with van der Waals surface area (Å²) >= 11 is 0. The van der Waals surface area contributed by atoms with Gasteiger partial charge in [-0.05, 0) is 54.8 Å². The maximum absolute atomic E-state index is 13.8. The van der Waals surface area contributed by atoms with Crippen LogP contribution in [0.4, 0.5) is 10.1 Å². The first kappa shape index (κ1) is 19.3. The number of anilines is 1. The van der Waals surface area contributed by atoms with Gasteiger partial charge in [-0.25, -0.2) is 9.18 Å². The van der Waals surface area contributed by atoms with Crippen molar-refractivity contribution < 1.29 is 23.5 Å². The number of hydrogen-bond donors (Lipinski definition) is 2. The largest absolute Gasteiger partial charge is 0.465 e. The summed E-state index contributed by atoms with van der Waals surface area (Å²) in [4.78, 5) is 35.5. The first-order chi connectivity index (χ1) is 13.5. The van der Waals surface area contributed by atoms with Crippen molar-refractivity contribution in [1.82, 2.24) is 5.32 Å². The molecule has 144 valence electrons. The lowest BCUT2D eigenvalue weighted by molar-refractivity contribution is -0.111. The summed E-state index contributed by atoms with van der Waals surface area (Å²) in [5.74, 6) is -1.97. The highest BCUT2D eigenvalue weighted by Crippen LogP contribution is 2.20. The van der Waals surface area contributed by atoms with Crippen LogP contribution in [0.5, 0.6) is 0 Å². The third kappa shape index (κ3) is 5.03. The van der Waals surface area contributed by atoms with Gasteiger partial charge in [0.15, 0.2) is 0 Å². The molecule has 1 aliphatic rings. The van der Waals surface area contributed by atoms with Gasteiger partial charge in [-0.15, -0.1) is 0 Å². The van der Waals surface area contributed by atoms with E-state index in [1.165, 1.54) is 25.3 Å². The molecule has 1 fully saturated rings. The van der Waals surface area contributed by atoms with Gasteiger partial charge in [0.2, 0.25) is 5.91 Å². The molecule has 0 saturated heterocycles. The van der Waals surface area contributed by atoms with Crippen molar-refractivity contribution in [3.8, 4) is 0 Å². The van der Waals surface area contributed by atoms with Gasteiger partial charge in [-0.1, -0.05) is 12.1 Å². The number of halogens is 1. The molecule has 0 bridgehead atoms. The molecule has 0 unspecified atom stereocenters. The van der Waals surface area contributed by atoms with E-state index in [1.807, 2.05) is 0 Å². The Hall–Kier alpha value is -3.48. The molecule has 0 heterocycles. The minimum absolute atomic E-state index is 0.114. The Morgan fingerprint density at radius 2 is 1.75 bits per heavy atom. The van der Waals surface area contributed by atoms with Crippen LogP contribution >= 0.6 is 0 Å². The van der Waals surface area contributed by atoms with Crippen molar-refractivity contribution in [2.24, 2.45) is 0 Å². The normalized spacial score (nSPS) is 13.2. The van der Waals surface area contributed by atoms with E-state index >= 15 is 0 Å². The topological polar surface area (TPSA) is 84.5 Å². The minimum atomic E-state index is -0.666. The number of ether oxygens (including phenoxy) is 1. The molecule has 0 radical (unpaired) electrons. The minimum Gasteiger partial charge on any atom is -0.465 e. The molecule has 2 aromatic rings. The van der Waals surface area contributed by atoms with Crippen LogP contribution in [-0.2, 0) is 9.53 Å². The molecule has 1 saturated carbocycles. The zero-order valence-corrected chi connectivity index (χ0v) is 15.2. The molecule has 2 N–H and O–H groups in total. The standard InChI is InChI=1S/C21H19FN2O4/c1-28-21(27)15-7-10-17(22)18(12-15)24-19(25)11-4-13-2-5-14(6-3-13)20(26)23-16-8-9-16/h2-7,10-12,16H,8-9H2,1H3,(H,23,26)(H,24,25)/b11-4+. The quantitative estimate of drug-likeness (QED) is 0.594. The van der Waals surface area contributed by atoms with E-state index in [0.29, 0.717) is 11.1 Å². The van der Waals surface area contributed by atoms with Crippen molar-refractivity contribution >= 4 is 29.5 Å². The molecule has 28 heavy (non-hydrogen) atoms. The van der Waals surface area contributed by atoms with Crippen LogP contribution in [-0.4, -0.2) is 30.9 Å². The average molecular weight is 382 g/mol. The van der Waals surface area contributed by atoms with Crippen molar-refractivity contribution in [3.63, 3.8) is 0 Å². The van der Waals surface area contributed by atoms with E-state index in [9.17, 15) is 18.8 Å². The van der Waals surface area contributed by atoms with Gasteiger partial charge in [0.25, 0.3) is 5.91 Å². The Labute approximate surface area is 161 Å². The summed E-state index contributed by atoms with van der Waals surface area (Å²) in [5.41, 5.74) is 1.27. The molecular weight excluding hydrogens is 363 g/mol. The molecule has 2 amide bonds. The second-order valence-corrected chi connectivity index (χ2v) is 6.38. The van der Waals surface area contributed by atoms with E-state index in [-0.39, 0.29) is 23.2 Å². The zero-order chi connectivity index (χ0) is 20.1. The third-order valence-corrected chi connectivity index (χ3v) is 4.16.